The van der Waals surface area contributed by atoms with Crippen LogP contribution in [0.2, 0.25) is 0 Å². The number of anilines is 1. The van der Waals surface area contributed by atoms with Crippen LogP contribution in [0.15, 0.2) is 24.3 Å². The van der Waals surface area contributed by atoms with E-state index >= 15 is 0 Å². The summed E-state index contributed by atoms with van der Waals surface area (Å²) in [5, 5.41) is 0. The average molecular weight is 274 g/mol. The van der Waals surface area contributed by atoms with Crippen molar-refractivity contribution in [1.29, 1.82) is 0 Å². The van der Waals surface area contributed by atoms with E-state index in [0.717, 1.165) is 19.0 Å². The molecule has 1 aliphatic rings. The molecule has 2 N–H and O–H groups in total. The van der Waals surface area contributed by atoms with Crippen molar-refractivity contribution in [2.75, 3.05) is 18.0 Å². The van der Waals surface area contributed by atoms with Crippen molar-refractivity contribution in [2.45, 2.75) is 52.5 Å². The largest absolute Gasteiger partial charge is 0.365 e. The summed E-state index contributed by atoms with van der Waals surface area (Å²) in [7, 11) is 0. The molecule has 0 radical (unpaired) electrons. The smallest absolute Gasteiger partial charge is 0.0552 e. The number of nitrogens with two attached hydrogens (primary N) is 1. The van der Waals surface area contributed by atoms with Gasteiger partial charge in [-0.3, -0.25) is 0 Å². The molecule has 1 aromatic rings. The molecule has 1 aromatic carbocycles. The summed E-state index contributed by atoms with van der Waals surface area (Å²) in [6, 6.07) is 8.92. The van der Waals surface area contributed by atoms with Crippen molar-refractivity contribution in [2.24, 2.45) is 17.6 Å². The van der Waals surface area contributed by atoms with Crippen LogP contribution in [0.5, 0.6) is 0 Å². The lowest BCUT2D eigenvalue weighted by Gasteiger charge is -2.52. The first-order valence-electron chi connectivity index (χ1n) is 8.08. The van der Waals surface area contributed by atoms with Crippen molar-refractivity contribution >= 4 is 5.69 Å². The molecule has 3 unspecified atom stereocenters. The minimum atomic E-state index is 0.127. The third-order valence-electron chi connectivity index (χ3n) is 5.26. The van der Waals surface area contributed by atoms with E-state index < -0.39 is 0 Å². The molecule has 2 heteroatoms. The normalized spacial score (nSPS) is 30.2. The molecule has 0 heterocycles. The summed E-state index contributed by atoms with van der Waals surface area (Å²) in [5.41, 5.74) is 9.06. The molecule has 0 aliphatic heterocycles. The van der Waals surface area contributed by atoms with Crippen molar-refractivity contribution < 1.29 is 0 Å². The van der Waals surface area contributed by atoms with Gasteiger partial charge in [-0.05, 0) is 50.7 Å². The Kier molecular flexibility index (Phi) is 4.74. The van der Waals surface area contributed by atoms with Crippen LogP contribution in [0.1, 0.15) is 45.6 Å². The van der Waals surface area contributed by atoms with Crippen LogP contribution in [0, 0.1) is 18.8 Å². The van der Waals surface area contributed by atoms with Gasteiger partial charge in [0, 0.05) is 18.8 Å². The molecule has 1 saturated carbocycles. The maximum Gasteiger partial charge on any atom is 0.0552 e. The first kappa shape index (κ1) is 15.4. The van der Waals surface area contributed by atoms with Gasteiger partial charge in [0.1, 0.15) is 0 Å². The third kappa shape index (κ3) is 2.71. The van der Waals surface area contributed by atoms with Crippen molar-refractivity contribution in [3.8, 4) is 0 Å². The topological polar surface area (TPSA) is 29.3 Å². The molecule has 1 aliphatic carbocycles. The fourth-order valence-corrected chi connectivity index (χ4v) is 3.96. The fourth-order valence-electron chi connectivity index (χ4n) is 3.96. The second kappa shape index (κ2) is 6.17. The molecule has 3 atom stereocenters. The van der Waals surface area contributed by atoms with E-state index in [1.807, 2.05) is 0 Å². The predicted molar refractivity (Wildman–Crippen MR) is 88.2 cm³/mol. The van der Waals surface area contributed by atoms with Crippen LogP contribution in [0.3, 0.4) is 0 Å². The Balaban J connectivity index is 2.37. The molecule has 112 valence electrons. The molecule has 2 nitrogen and oxygen atoms in total. The highest BCUT2D eigenvalue weighted by Crippen LogP contribution is 2.42. The maximum atomic E-state index is 6.29. The number of aryl methyl sites for hydroxylation is 1. The fraction of sp³-hybridized carbons (Fsp3) is 0.667. The van der Waals surface area contributed by atoms with Gasteiger partial charge in [-0.25, -0.2) is 0 Å². The summed E-state index contributed by atoms with van der Waals surface area (Å²) in [5.74, 6) is 1.43. The van der Waals surface area contributed by atoms with Gasteiger partial charge in [-0.15, -0.1) is 0 Å². The van der Waals surface area contributed by atoms with Crippen LogP contribution in [-0.2, 0) is 0 Å². The first-order chi connectivity index (χ1) is 9.53. The Morgan fingerprint density at radius 3 is 2.40 bits per heavy atom. The lowest BCUT2D eigenvalue weighted by Crippen LogP contribution is -2.60. The van der Waals surface area contributed by atoms with Gasteiger partial charge in [-0.2, -0.15) is 0 Å². The SMILES string of the molecule is CCN(c1ccc(C)cc1)C1(CN)CC(C)CCC1C. The minimum Gasteiger partial charge on any atom is -0.365 e. The lowest BCUT2D eigenvalue weighted by atomic mass is 9.68. The number of nitrogens with zero attached hydrogens (tertiary/aromatic N) is 1. The highest BCUT2D eigenvalue weighted by Gasteiger charge is 2.43. The molecular weight excluding hydrogens is 244 g/mol. The molecule has 0 bridgehead atoms. The second-order valence-electron chi connectivity index (χ2n) is 6.68. The number of likely N-dealkylation sites (N-methyl/N-ethyl adjacent to an activating group) is 1. The molecular formula is C18H30N2. The standard InChI is InChI=1S/C18H30N2/c1-5-20(17-10-7-14(2)8-11-17)18(13-19)12-15(3)6-9-16(18)4/h7-8,10-11,15-16H,5-6,9,12-13,19H2,1-4H3. The second-order valence-corrected chi connectivity index (χ2v) is 6.68. The van der Waals surface area contributed by atoms with E-state index in [0.29, 0.717) is 5.92 Å². The Bertz CT molecular complexity index is 426. The van der Waals surface area contributed by atoms with E-state index in [-0.39, 0.29) is 5.54 Å². The van der Waals surface area contributed by atoms with Gasteiger partial charge in [0.25, 0.3) is 0 Å². The van der Waals surface area contributed by atoms with Gasteiger partial charge < -0.3 is 10.6 Å². The van der Waals surface area contributed by atoms with E-state index in [2.05, 4.69) is 56.9 Å². The van der Waals surface area contributed by atoms with Crippen LogP contribution in [-0.4, -0.2) is 18.6 Å². The van der Waals surface area contributed by atoms with Gasteiger partial charge in [-0.1, -0.05) is 38.0 Å². The van der Waals surface area contributed by atoms with Crippen molar-refractivity contribution in [3.63, 3.8) is 0 Å². The molecule has 0 aromatic heterocycles. The third-order valence-corrected chi connectivity index (χ3v) is 5.26. The van der Waals surface area contributed by atoms with Crippen molar-refractivity contribution in [3.05, 3.63) is 29.8 Å². The summed E-state index contributed by atoms with van der Waals surface area (Å²) >= 11 is 0. The first-order valence-corrected chi connectivity index (χ1v) is 8.08. The average Bonchev–Trinajstić information content (AvgIpc) is 2.45. The maximum absolute atomic E-state index is 6.29. The van der Waals surface area contributed by atoms with E-state index in [9.17, 15) is 0 Å². The van der Waals surface area contributed by atoms with Crippen LogP contribution < -0.4 is 10.6 Å². The van der Waals surface area contributed by atoms with Gasteiger partial charge in [0.2, 0.25) is 0 Å². The zero-order chi connectivity index (χ0) is 14.8. The minimum absolute atomic E-state index is 0.127. The van der Waals surface area contributed by atoms with E-state index in [4.69, 9.17) is 5.73 Å². The summed E-state index contributed by atoms with van der Waals surface area (Å²) in [6.07, 6.45) is 3.85. The lowest BCUT2D eigenvalue weighted by molar-refractivity contribution is 0.157. The molecule has 0 saturated heterocycles. The molecule has 1 fully saturated rings. The molecule has 0 amide bonds. The molecule has 0 spiro atoms. The predicted octanol–water partition coefficient (Wildman–Crippen LogP) is 3.97. The Hall–Kier alpha value is -1.02. The number of rotatable bonds is 4. The molecule has 20 heavy (non-hydrogen) atoms. The van der Waals surface area contributed by atoms with Crippen LogP contribution in [0.25, 0.3) is 0 Å². The Labute approximate surface area is 124 Å². The van der Waals surface area contributed by atoms with Crippen LogP contribution in [0.4, 0.5) is 5.69 Å². The number of hydrogen-bond acceptors (Lipinski definition) is 2. The van der Waals surface area contributed by atoms with Gasteiger partial charge in [0.05, 0.1) is 5.54 Å². The summed E-state index contributed by atoms with van der Waals surface area (Å²) in [4.78, 5) is 2.56. The monoisotopic (exact) mass is 274 g/mol. The van der Waals surface area contributed by atoms with E-state index in [1.165, 1.54) is 30.5 Å². The highest BCUT2D eigenvalue weighted by molar-refractivity contribution is 5.50. The summed E-state index contributed by atoms with van der Waals surface area (Å²) in [6.45, 7) is 10.9. The highest BCUT2D eigenvalue weighted by atomic mass is 15.2. The summed E-state index contributed by atoms with van der Waals surface area (Å²) < 4.78 is 0. The number of hydrogen-bond donors (Lipinski definition) is 1. The zero-order valence-electron chi connectivity index (χ0n) is 13.5. The van der Waals surface area contributed by atoms with E-state index in [1.54, 1.807) is 0 Å². The van der Waals surface area contributed by atoms with Crippen molar-refractivity contribution in [1.82, 2.24) is 0 Å². The molecule has 2 rings (SSSR count). The van der Waals surface area contributed by atoms with Gasteiger partial charge >= 0.3 is 0 Å². The number of benzene rings is 1. The quantitative estimate of drug-likeness (QED) is 0.900. The van der Waals surface area contributed by atoms with Crippen LogP contribution >= 0.6 is 0 Å². The zero-order valence-corrected chi connectivity index (χ0v) is 13.5. The Morgan fingerprint density at radius 1 is 1.20 bits per heavy atom. The Morgan fingerprint density at radius 2 is 1.85 bits per heavy atom. The van der Waals surface area contributed by atoms with Gasteiger partial charge in [0.15, 0.2) is 0 Å².